The molecule has 1 amide bonds. The Labute approximate surface area is 108 Å². The number of aryl methyl sites for hydroxylation is 2. The molecule has 2 atom stereocenters. The molecule has 3 heteroatoms. The Morgan fingerprint density at radius 2 is 1.78 bits per heavy atom. The molecule has 1 aromatic rings. The lowest BCUT2D eigenvalue weighted by molar-refractivity contribution is -0.118. The van der Waals surface area contributed by atoms with E-state index in [0.717, 1.165) is 22.5 Å². The van der Waals surface area contributed by atoms with Crippen molar-refractivity contribution in [2.45, 2.75) is 33.1 Å². The van der Waals surface area contributed by atoms with E-state index in [1.54, 1.807) is 0 Å². The first kappa shape index (κ1) is 11.6. The quantitative estimate of drug-likeness (QED) is 0.786. The van der Waals surface area contributed by atoms with Crippen LogP contribution >= 0.6 is 0 Å². The van der Waals surface area contributed by atoms with Crippen LogP contribution in [0.15, 0.2) is 12.1 Å². The number of carbonyl (C=O) groups excluding carboxylic acids is 1. The Hall–Kier alpha value is -1.51. The van der Waals surface area contributed by atoms with E-state index in [-0.39, 0.29) is 11.8 Å². The molecule has 3 rings (SSSR count). The normalized spacial score (nSPS) is 28.9. The van der Waals surface area contributed by atoms with Gasteiger partial charge in [-0.05, 0) is 61.8 Å². The number of fused-ring (bicyclic) bond motifs is 1. The van der Waals surface area contributed by atoms with Crippen molar-refractivity contribution >= 4 is 17.3 Å². The van der Waals surface area contributed by atoms with Gasteiger partial charge in [0, 0.05) is 17.3 Å². The van der Waals surface area contributed by atoms with Gasteiger partial charge in [-0.25, -0.2) is 0 Å². The molecule has 0 radical (unpaired) electrons. The molecule has 0 aliphatic heterocycles. The Morgan fingerprint density at radius 1 is 1.22 bits per heavy atom. The van der Waals surface area contributed by atoms with E-state index in [4.69, 9.17) is 5.73 Å². The summed E-state index contributed by atoms with van der Waals surface area (Å²) in [5.41, 5.74) is 9.59. The van der Waals surface area contributed by atoms with Crippen LogP contribution < -0.4 is 11.1 Å². The molecular weight excluding hydrogens is 224 g/mol. The highest BCUT2D eigenvalue weighted by molar-refractivity contribution is 5.96. The third kappa shape index (κ3) is 1.78. The van der Waals surface area contributed by atoms with Gasteiger partial charge in [-0.15, -0.1) is 0 Å². The van der Waals surface area contributed by atoms with Crippen molar-refractivity contribution in [2.24, 2.45) is 17.8 Å². The van der Waals surface area contributed by atoms with Crippen molar-refractivity contribution in [1.82, 2.24) is 0 Å². The van der Waals surface area contributed by atoms with Crippen LogP contribution in [0.4, 0.5) is 11.4 Å². The average molecular weight is 244 g/mol. The van der Waals surface area contributed by atoms with Crippen LogP contribution in [-0.2, 0) is 4.79 Å². The minimum absolute atomic E-state index is 0.209. The maximum Gasteiger partial charge on any atom is 0.228 e. The molecule has 2 fully saturated rings. The number of hydrogen-bond donors (Lipinski definition) is 2. The lowest BCUT2D eigenvalue weighted by Gasteiger charge is -2.13. The molecule has 2 aliphatic carbocycles. The number of anilines is 2. The maximum atomic E-state index is 12.2. The second-order valence-electron chi connectivity index (χ2n) is 5.80. The fraction of sp³-hybridized carbons (Fsp3) is 0.533. The molecule has 18 heavy (non-hydrogen) atoms. The number of nitrogen functional groups attached to an aromatic ring is 1. The fourth-order valence-corrected chi connectivity index (χ4v) is 3.61. The van der Waals surface area contributed by atoms with Gasteiger partial charge in [-0.1, -0.05) is 6.42 Å². The Kier molecular flexibility index (Phi) is 2.58. The van der Waals surface area contributed by atoms with E-state index >= 15 is 0 Å². The molecule has 96 valence electrons. The lowest BCUT2D eigenvalue weighted by Crippen LogP contribution is -2.18. The highest BCUT2D eigenvalue weighted by Crippen LogP contribution is 2.57. The molecule has 0 heterocycles. The van der Waals surface area contributed by atoms with Crippen LogP contribution in [0.1, 0.15) is 30.4 Å². The zero-order valence-electron chi connectivity index (χ0n) is 11.0. The third-order valence-electron chi connectivity index (χ3n) is 4.51. The smallest absolute Gasteiger partial charge is 0.228 e. The zero-order valence-corrected chi connectivity index (χ0v) is 11.0. The Morgan fingerprint density at radius 3 is 2.33 bits per heavy atom. The van der Waals surface area contributed by atoms with Crippen molar-refractivity contribution in [3.05, 3.63) is 23.3 Å². The van der Waals surface area contributed by atoms with Crippen LogP contribution in [0, 0.1) is 31.6 Å². The third-order valence-corrected chi connectivity index (χ3v) is 4.51. The lowest BCUT2D eigenvalue weighted by atomic mass is 10.1. The van der Waals surface area contributed by atoms with Gasteiger partial charge in [0.1, 0.15) is 0 Å². The molecule has 0 saturated heterocycles. The molecule has 2 unspecified atom stereocenters. The van der Waals surface area contributed by atoms with E-state index in [1.807, 2.05) is 26.0 Å². The standard InChI is InChI=1S/C15H20N2O/c1-8-6-10(16)7-9(2)14(8)17-15(18)13-11-4-3-5-12(11)13/h6-7,11-13H,3-5,16H2,1-2H3,(H,17,18). The highest BCUT2D eigenvalue weighted by atomic mass is 16.2. The van der Waals surface area contributed by atoms with Gasteiger partial charge in [0.15, 0.2) is 0 Å². The summed E-state index contributed by atoms with van der Waals surface area (Å²) in [6.07, 6.45) is 3.78. The van der Waals surface area contributed by atoms with Crippen LogP contribution in [0.3, 0.4) is 0 Å². The summed E-state index contributed by atoms with van der Waals surface area (Å²) in [6.45, 7) is 3.99. The van der Waals surface area contributed by atoms with E-state index in [1.165, 1.54) is 19.3 Å². The molecule has 2 saturated carbocycles. The first-order valence-electron chi connectivity index (χ1n) is 6.75. The predicted octanol–water partition coefficient (Wildman–Crippen LogP) is 2.87. The number of nitrogens with two attached hydrogens (primary N) is 1. The number of nitrogens with one attached hydrogen (secondary N) is 1. The summed E-state index contributed by atoms with van der Waals surface area (Å²) in [5.74, 6) is 1.81. The molecule has 1 aromatic carbocycles. The molecule has 0 aromatic heterocycles. The van der Waals surface area contributed by atoms with Crippen molar-refractivity contribution in [3.8, 4) is 0 Å². The molecular formula is C15H20N2O. The minimum Gasteiger partial charge on any atom is -0.399 e. The van der Waals surface area contributed by atoms with Gasteiger partial charge in [0.2, 0.25) is 5.91 Å². The van der Waals surface area contributed by atoms with E-state index in [2.05, 4.69) is 5.32 Å². The summed E-state index contributed by atoms with van der Waals surface area (Å²) in [6, 6.07) is 3.83. The molecule has 3 N–H and O–H groups in total. The number of amides is 1. The van der Waals surface area contributed by atoms with E-state index in [9.17, 15) is 4.79 Å². The van der Waals surface area contributed by atoms with Crippen LogP contribution in [-0.4, -0.2) is 5.91 Å². The Balaban J connectivity index is 1.75. The van der Waals surface area contributed by atoms with Gasteiger partial charge in [0.25, 0.3) is 0 Å². The predicted molar refractivity (Wildman–Crippen MR) is 73.3 cm³/mol. The maximum absolute atomic E-state index is 12.2. The number of carbonyl (C=O) groups is 1. The monoisotopic (exact) mass is 244 g/mol. The molecule has 0 spiro atoms. The number of rotatable bonds is 2. The Bertz CT molecular complexity index is 476. The first-order chi connectivity index (χ1) is 8.58. The average Bonchev–Trinajstić information content (AvgIpc) is 2.77. The second kappa shape index (κ2) is 4.01. The van der Waals surface area contributed by atoms with Crippen LogP contribution in [0.25, 0.3) is 0 Å². The van der Waals surface area contributed by atoms with Crippen molar-refractivity contribution < 1.29 is 4.79 Å². The highest BCUT2D eigenvalue weighted by Gasteiger charge is 2.56. The molecule has 3 nitrogen and oxygen atoms in total. The van der Waals surface area contributed by atoms with Gasteiger partial charge in [-0.3, -0.25) is 4.79 Å². The summed E-state index contributed by atoms with van der Waals surface area (Å²) < 4.78 is 0. The van der Waals surface area contributed by atoms with Crippen LogP contribution in [0.2, 0.25) is 0 Å². The summed E-state index contributed by atoms with van der Waals surface area (Å²) in [7, 11) is 0. The first-order valence-corrected chi connectivity index (χ1v) is 6.75. The number of hydrogen-bond acceptors (Lipinski definition) is 2. The van der Waals surface area contributed by atoms with Gasteiger partial charge < -0.3 is 11.1 Å². The largest absolute Gasteiger partial charge is 0.399 e. The summed E-state index contributed by atoms with van der Waals surface area (Å²) in [4.78, 5) is 12.2. The van der Waals surface area contributed by atoms with Crippen molar-refractivity contribution in [3.63, 3.8) is 0 Å². The summed E-state index contributed by atoms with van der Waals surface area (Å²) >= 11 is 0. The number of benzene rings is 1. The van der Waals surface area contributed by atoms with Crippen molar-refractivity contribution in [2.75, 3.05) is 11.1 Å². The zero-order chi connectivity index (χ0) is 12.9. The van der Waals surface area contributed by atoms with Crippen LogP contribution in [0.5, 0.6) is 0 Å². The SMILES string of the molecule is Cc1cc(N)cc(C)c1NC(=O)C1C2CCCC21. The topological polar surface area (TPSA) is 55.1 Å². The fourth-order valence-electron chi connectivity index (χ4n) is 3.61. The molecule has 0 bridgehead atoms. The van der Waals surface area contributed by atoms with Crippen molar-refractivity contribution in [1.29, 1.82) is 0 Å². The second-order valence-corrected chi connectivity index (χ2v) is 5.80. The van der Waals surface area contributed by atoms with E-state index in [0.29, 0.717) is 11.8 Å². The molecule has 2 aliphatic rings. The van der Waals surface area contributed by atoms with Gasteiger partial charge in [0.05, 0.1) is 0 Å². The summed E-state index contributed by atoms with van der Waals surface area (Å²) in [5, 5.41) is 3.10. The minimum atomic E-state index is 0.209. The van der Waals surface area contributed by atoms with Gasteiger partial charge >= 0.3 is 0 Å². The van der Waals surface area contributed by atoms with Gasteiger partial charge in [-0.2, -0.15) is 0 Å². The van der Waals surface area contributed by atoms with E-state index < -0.39 is 0 Å².